The first-order chi connectivity index (χ1) is 10.6. The highest BCUT2D eigenvalue weighted by Gasteiger charge is 2.60. The van der Waals surface area contributed by atoms with Gasteiger partial charge in [-0.05, 0) is 44.7 Å². The highest BCUT2D eigenvalue weighted by molar-refractivity contribution is 5.83. The smallest absolute Gasteiger partial charge is 0.345 e. The number of carbonyl (C=O) groups excluding carboxylic acids is 1. The van der Waals surface area contributed by atoms with Crippen molar-refractivity contribution in [3.63, 3.8) is 0 Å². The molecule has 2 rings (SSSR count). The molecular formula is C15H23F5N2O. The van der Waals surface area contributed by atoms with Gasteiger partial charge in [0.25, 0.3) is 0 Å². The van der Waals surface area contributed by atoms with Crippen molar-refractivity contribution in [1.29, 1.82) is 0 Å². The Morgan fingerprint density at radius 2 is 1.65 bits per heavy atom. The van der Waals surface area contributed by atoms with E-state index in [0.29, 0.717) is 0 Å². The fourth-order valence-electron chi connectivity index (χ4n) is 3.59. The molecule has 0 unspecified atom stereocenters. The number of nitrogens with zero attached hydrogens (tertiary/aromatic N) is 1. The van der Waals surface area contributed by atoms with Crippen LogP contribution in [-0.2, 0) is 4.79 Å². The molecule has 23 heavy (non-hydrogen) atoms. The first kappa shape index (κ1) is 18.4. The Morgan fingerprint density at radius 1 is 1.13 bits per heavy atom. The molecule has 1 saturated carbocycles. The van der Waals surface area contributed by atoms with E-state index in [4.69, 9.17) is 0 Å². The molecule has 1 aliphatic carbocycles. The van der Waals surface area contributed by atoms with Crippen molar-refractivity contribution in [3.8, 4) is 0 Å². The second kappa shape index (κ2) is 6.53. The van der Waals surface area contributed by atoms with Gasteiger partial charge in [-0.3, -0.25) is 4.79 Å². The summed E-state index contributed by atoms with van der Waals surface area (Å²) in [7, 11) is 1.35. The van der Waals surface area contributed by atoms with Gasteiger partial charge >= 0.3 is 6.18 Å². The van der Waals surface area contributed by atoms with E-state index in [1.54, 1.807) is 0 Å². The largest absolute Gasteiger partial charge is 0.403 e. The lowest BCUT2D eigenvalue weighted by atomic mass is 9.76. The molecule has 3 nitrogen and oxygen atoms in total. The maximum Gasteiger partial charge on any atom is 0.403 e. The summed E-state index contributed by atoms with van der Waals surface area (Å²) in [5, 5.41) is 2.84. The number of nitrogens with one attached hydrogen (secondary N) is 1. The Hall–Kier alpha value is -0.920. The number of carbonyl (C=O) groups is 1. The number of hydrogen-bond acceptors (Lipinski definition) is 2. The van der Waals surface area contributed by atoms with Gasteiger partial charge in [0.15, 0.2) is 0 Å². The molecular weight excluding hydrogens is 319 g/mol. The lowest BCUT2D eigenvalue weighted by molar-refractivity contribution is -0.233. The maximum atomic E-state index is 13.5. The van der Waals surface area contributed by atoms with Crippen LogP contribution < -0.4 is 5.32 Å². The molecule has 1 amide bonds. The molecule has 1 aliphatic heterocycles. The van der Waals surface area contributed by atoms with Crippen molar-refractivity contribution >= 4 is 5.91 Å². The summed E-state index contributed by atoms with van der Waals surface area (Å²) < 4.78 is 66.8. The average Bonchev–Trinajstić information content (AvgIpc) is 2.48. The van der Waals surface area contributed by atoms with Crippen LogP contribution in [0, 0.1) is 11.3 Å². The van der Waals surface area contributed by atoms with Crippen molar-refractivity contribution in [1.82, 2.24) is 10.2 Å². The number of rotatable bonds is 3. The molecule has 1 heterocycles. The van der Waals surface area contributed by atoms with E-state index >= 15 is 0 Å². The van der Waals surface area contributed by atoms with Gasteiger partial charge in [-0.1, -0.05) is 0 Å². The molecule has 0 aromatic heterocycles. The van der Waals surface area contributed by atoms with Gasteiger partial charge in [0, 0.05) is 26.4 Å². The highest BCUT2D eigenvalue weighted by Crippen LogP contribution is 2.46. The third-order valence-corrected chi connectivity index (χ3v) is 5.12. The predicted molar refractivity (Wildman–Crippen MR) is 75.1 cm³/mol. The van der Waals surface area contributed by atoms with Crippen LogP contribution >= 0.6 is 0 Å². The monoisotopic (exact) mass is 342 g/mol. The molecule has 134 valence electrons. The van der Waals surface area contributed by atoms with Crippen molar-refractivity contribution < 1.29 is 26.7 Å². The summed E-state index contributed by atoms with van der Waals surface area (Å²) in [6.45, 7) is 0.406. The number of alkyl halides is 5. The molecule has 1 saturated heterocycles. The Labute approximate surface area is 132 Å². The van der Waals surface area contributed by atoms with Crippen LogP contribution in [0.2, 0.25) is 0 Å². The minimum absolute atomic E-state index is 0.111. The van der Waals surface area contributed by atoms with Crippen LogP contribution in [0.25, 0.3) is 0 Å². The second-order valence-electron chi connectivity index (χ2n) is 6.81. The third kappa shape index (κ3) is 3.95. The van der Waals surface area contributed by atoms with Crippen molar-refractivity contribution in [2.45, 2.75) is 50.6 Å². The standard InChI is InChI=1S/C15H23F5N2O/c1-22(10-11-2-4-14(16,17)5-3-11)12(23)13(15(18,19)20)6-8-21-9-7-13/h11,21H,2-10H2,1H3. The Bertz CT molecular complexity index is 422. The van der Waals surface area contributed by atoms with E-state index in [9.17, 15) is 26.7 Å². The normalized spacial score (nSPS) is 25.1. The molecule has 8 heteroatoms. The minimum Gasteiger partial charge on any atom is -0.345 e. The topological polar surface area (TPSA) is 32.3 Å². The summed E-state index contributed by atoms with van der Waals surface area (Å²) in [6, 6.07) is 0. The zero-order valence-electron chi connectivity index (χ0n) is 13.2. The minimum atomic E-state index is -4.60. The molecule has 0 atom stereocenters. The second-order valence-corrected chi connectivity index (χ2v) is 6.81. The molecule has 0 aromatic carbocycles. The summed E-state index contributed by atoms with van der Waals surface area (Å²) >= 11 is 0. The number of piperidine rings is 1. The van der Waals surface area contributed by atoms with Gasteiger partial charge < -0.3 is 10.2 Å². The van der Waals surface area contributed by atoms with Crippen molar-refractivity contribution in [2.75, 3.05) is 26.7 Å². The summed E-state index contributed by atoms with van der Waals surface area (Å²) in [5.74, 6) is -3.76. The van der Waals surface area contributed by atoms with E-state index < -0.39 is 23.4 Å². The molecule has 0 radical (unpaired) electrons. The predicted octanol–water partition coefficient (Wildman–Crippen LogP) is 3.20. The van der Waals surface area contributed by atoms with Crippen LogP contribution in [0.1, 0.15) is 38.5 Å². The van der Waals surface area contributed by atoms with E-state index in [1.807, 2.05) is 0 Å². The molecule has 1 N–H and O–H groups in total. The van der Waals surface area contributed by atoms with E-state index in [-0.39, 0.29) is 64.1 Å². The molecule has 2 aliphatic rings. The van der Waals surface area contributed by atoms with Gasteiger partial charge in [0.1, 0.15) is 5.41 Å². The molecule has 2 fully saturated rings. The van der Waals surface area contributed by atoms with Crippen LogP contribution in [0.5, 0.6) is 0 Å². The summed E-state index contributed by atoms with van der Waals surface area (Å²) in [5.41, 5.74) is -2.34. The number of amides is 1. The summed E-state index contributed by atoms with van der Waals surface area (Å²) in [4.78, 5) is 13.6. The SMILES string of the molecule is CN(CC1CCC(F)(F)CC1)C(=O)C1(C(F)(F)F)CCNCC1. The number of hydrogen-bond donors (Lipinski definition) is 1. The van der Waals surface area contributed by atoms with Gasteiger partial charge in [0.2, 0.25) is 11.8 Å². The lowest BCUT2D eigenvalue weighted by Crippen LogP contribution is -2.56. The van der Waals surface area contributed by atoms with Crippen LogP contribution in [0.4, 0.5) is 22.0 Å². The van der Waals surface area contributed by atoms with Gasteiger partial charge in [-0.2, -0.15) is 13.2 Å². The van der Waals surface area contributed by atoms with Gasteiger partial charge in [-0.15, -0.1) is 0 Å². The van der Waals surface area contributed by atoms with Crippen LogP contribution in [0.3, 0.4) is 0 Å². The zero-order chi connectivity index (χ0) is 17.3. The number of halogens is 5. The Morgan fingerprint density at radius 3 is 2.13 bits per heavy atom. The van der Waals surface area contributed by atoms with Crippen molar-refractivity contribution in [3.05, 3.63) is 0 Å². The van der Waals surface area contributed by atoms with E-state index in [1.165, 1.54) is 7.05 Å². The first-order valence-electron chi connectivity index (χ1n) is 7.98. The first-order valence-corrected chi connectivity index (χ1v) is 7.98. The summed E-state index contributed by atoms with van der Waals surface area (Å²) in [6.07, 6.45) is -5.18. The Balaban J connectivity index is 2.02. The fraction of sp³-hybridized carbons (Fsp3) is 0.933. The van der Waals surface area contributed by atoms with E-state index in [0.717, 1.165) is 4.90 Å². The van der Waals surface area contributed by atoms with E-state index in [2.05, 4.69) is 5.32 Å². The maximum absolute atomic E-state index is 13.5. The average molecular weight is 342 g/mol. The van der Waals surface area contributed by atoms with Crippen LogP contribution in [-0.4, -0.2) is 49.6 Å². The fourth-order valence-corrected chi connectivity index (χ4v) is 3.59. The zero-order valence-corrected chi connectivity index (χ0v) is 13.2. The van der Waals surface area contributed by atoms with Gasteiger partial charge in [0.05, 0.1) is 0 Å². The van der Waals surface area contributed by atoms with Gasteiger partial charge in [-0.25, -0.2) is 8.78 Å². The third-order valence-electron chi connectivity index (χ3n) is 5.12. The Kier molecular flexibility index (Phi) is 5.23. The highest BCUT2D eigenvalue weighted by atomic mass is 19.4. The molecule has 0 spiro atoms. The lowest BCUT2D eigenvalue weighted by Gasteiger charge is -2.41. The van der Waals surface area contributed by atoms with Crippen LogP contribution in [0.15, 0.2) is 0 Å². The quantitative estimate of drug-likeness (QED) is 0.799. The van der Waals surface area contributed by atoms with Crippen molar-refractivity contribution in [2.24, 2.45) is 11.3 Å². The molecule has 0 bridgehead atoms. The molecule has 0 aromatic rings.